The highest BCUT2D eigenvalue weighted by Gasteiger charge is 1.98. The topological polar surface area (TPSA) is 66.7 Å². The smallest absolute Gasteiger partial charge is 0.169 e. The molecular formula is C8H8N4S. The van der Waals surface area contributed by atoms with Crippen LogP contribution in [0.1, 0.15) is 0 Å². The summed E-state index contributed by atoms with van der Waals surface area (Å²) in [6.45, 7) is 0. The molecule has 0 unspecified atom stereocenters. The van der Waals surface area contributed by atoms with Gasteiger partial charge in [-0.15, -0.1) is 0 Å². The van der Waals surface area contributed by atoms with Crippen LogP contribution in [0, 0.1) is 0 Å². The standard InChI is InChI=1S/C8H8N4S/c9-8(13)12-7-2-1-5-6(11-7)3-4-10-5/h1-4,10H,(H3,9,11,12,13). The second-order valence-corrected chi connectivity index (χ2v) is 3.04. The number of aromatic amines is 1. The molecule has 0 saturated carbocycles. The predicted molar refractivity (Wildman–Crippen MR) is 56.5 cm³/mol. The van der Waals surface area contributed by atoms with Gasteiger partial charge in [0, 0.05) is 6.20 Å². The summed E-state index contributed by atoms with van der Waals surface area (Å²) in [6, 6.07) is 5.63. The van der Waals surface area contributed by atoms with Crippen molar-refractivity contribution in [1.29, 1.82) is 0 Å². The van der Waals surface area contributed by atoms with E-state index in [9.17, 15) is 0 Å². The van der Waals surface area contributed by atoms with Crippen LogP contribution in [0.25, 0.3) is 11.0 Å². The lowest BCUT2D eigenvalue weighted by Crippen LogP contribution is -2.19. The molecule has 2 aromatic rings. The lowest BCUT2D eigenvalue weighted by molar-refractivity contribution is 1.39. The minimum atomic E-state index is 0.224. The molecule has 0 aliphatic carbocycles. The summed E-state index contributed by atoms with van der Waals surface area (Å²) in [4.78, 5) is 7.31. The van der Waals surface area contributed by atoms with Crippen molar-refractivity contribution in [3.63, 3.8) is 0 Å². The van der Waals surface area contributed by atoms with Crippen molar-refractivity contribution in [3.8, 4) is 0 Å². The number of pyridine rings is 1. The van der Waals surface area contributed by atoms with E-state index in [2.05, 4.69) is 15.3 Å². The van der Waals surface area contributed by atoms with Crippen molar-refractivity contribution in [2.45, 2.75) is 0 Å². The number of nitrogens with two attached hydrogens (primary N) is 1. The Morgan fingerprint density at radius 2 is 2.31 bits per heavy atom. The third-order valence-electron chi connectivity index (χ3n) is 1.66. The van der Waals surface area contributed by atoms with Crippen LogP contribution >= 0.6 is 12.2 Å². The molecule has 0 aromatic carbocycles. The summed E-state index contributed by atoms with van der Waals surface area (Å²) in [5.41, 5.74) is 7.20. The molecule has 66 valence electrons. The van der Waals surface area contributed by atoms with E-state index in [1.165, 1.54) is 0 Å². The van der Waals surface area contributed by atoms with Crippen LogP contribution in [0.3, 0.4) is 0 Å². The number of thiocarbonyl (C=S) groups is 1. The lowest BCUT2D eigenvalue weighted by atomic mass is 10.4. The lowest BCUT2D eigenvalue weighted by Gasteiger charge is -2.01. The fraction of sp³-hybridized carbons (Fsp3) is 0. The summed E-state index contributed by atoms with van der Waals surface area (Å²) in [5, 5.41) is 3.00. The molecule has 4 nitrogen and oxygen atoms in total. The van der Waals surface area contributed by atoms with E-state index in [4.69, 9.17) is 18.0 Å². The van der Waals surface area contributed by atoms with Gasteiger partial charge in [0.25, 0.3) is 0 Å². The molecule has 0 aliphatic heterocycles. The van der Waals surface area contributed by atoms with Crippen molar-refractivity contribution in [1.82, 2.24) is 9.97 Å². The largest absolute Gasteiger partial charge is 0.376 e. The molecule has 0 amide bonds. The highest BCUT2D eigenvalue weighted by molar-refractivity contribution is 7.80. The molecule has 13 heavy (non-hydrogen) atoms. The maximum Gasteiger partial charge on any atom is 0.169 e. The highest BCUT2D eigenvalue weighted by Crippen LogP contribution is 2.12. The third-order valence-corrected chi connectivity index (χ3v) is 1.76. The zero-order chi connectivity index (χ0) is 9.26. The Kier molecular flexibility index (Phi) is 1.86. The summed E-state index contributed by atoms with van der Waals surface area (Å²) in [7, 11) is 0. The van der Waals surface area contributed by atoms with Crippen LogP contribution < -0.4 is 11.1 Å². The van der Waals surface area contributed by atoms with Gasteiger partial charge in [0.1, 0.15) is 5.82 Å². The number of fused-ring (bicyclic) bond motifs is 1. The molecule has 0 bridgehead atoms. The molecule has 2 aromatic heterocycles. The molecule has 0 saturated heterocycles. The van der Waals surface area contributed by atoms with Crippen molar-refractivity contribution < 1.29 is 0 Å². The number of H-pyrrole nitrogens is 1. The highest BCUT2D eigenvalue weighted by atomic mass is 32.1. The first-order valence-corrected chi connectivity index (χ1v) is 4.17. The Morgan fingerprint density at radius 3 is 3.08 bits per heavy atom. The minimum absolute atomic E-state index is 0.224. The van der Waals surface area contributed by atoms with Crippen molar-refractivity contribution in [2.75, 3.05) is 5.32 Å². The number of hydrogen-bond acceptors (Lipinski definition) is 2. The van der Waals surface area contributed by atoms with E-state index in [0.717, 1.165) is 11.0 Å². The number of nitrogens with one attached hydrogen (secondary N) is 2. The molecule has 2 heterocycles. The zero-order valence-corrected chi connectivity index (χ0v) is 7.56. The number of anilines is 1. The number of rotatable bonds is 1. The Hall–Kier alpha value is -1.62. The summed E-state index contributed by atoms with van der Waals surface area (Å²) in [6.07, 6.45) is 1.84. The predicted octanol–water partition coefficient (Wildman–Crippen LogP) is 1.22. The fourth-order valence-corrected chi connectivity index (χ4v) is 1.23. The van der Waals surface area contributed by atoms with Crippen LogP contribution in [0.5, 0.6) is 0 Å². The maximum absolute atomic E-state index is 5.32. The van der Waals surface area contributed by atoms with Gasteiger partial charge in [-0.25, -0.2) is 4.98 Å². The van der Waals surface area contributed by atoms with Crippen LogP contribution in [-0.4, -0.2) is 15.1 Å². The monoisotopic (exact) mass is 192 g/mol. The van der Waals surface area contributed by atoms with Crippen LogP contribution in [0.4, 0.5) is 5.82 Å². The number of aromatic nitrogens is 2. The average Bonchev–Trinajstić information content (AvgIpc) is 2.49. The molecule has 0 spiro atoms. The van der Waals surface area contributed by atoms with Gasteiger partial charge in [-0.05, 0) is 30.4 Å². The van der Waals surface area contributed by atoms with Gasteiger partial charge < -0.3 is 16.0 Å². The van der Waals surface area contributed by atoms with Gasteiger partial charge >= 0.3 is 0 Å². The molecule has 4 N–H and O–H groups in total. The molecule has 2 rings (SSSR count). The van der Waals surface area contributed by atoms with Crippen LogP contribution in [0.2, 0.25) is 0 Å². The van der Waals surface area contributed by atoms with E-state index < -0.39 is 0 Å². The van der Waals surface area contributed by atoms with E-state index in [1.807, 2.05) is 24.4 Å². The van der Waals surface area contributed by atoms with E-state index >= 15 is 0 Å². The van der Waals surface area contributed by atoms with Crippen molar-refractivity contribution in [2.24, 2.45) is 5.73 Å². The molecule has 5 heteroatoms. The third kappa shape index (κ3) is 1.59. The van der Waals surface area contributed by atoms with Gasteiger partial charge in [-0.3, -0.25) is 0 Å². The summed E-state index contributed by atoms with van der Waals surface area (Å²) >= 11 is 4.70. The molecule has 0 radical (unpaired) electrons. The Bertz CT molecular complexity index is 448. The second kappa shape index (κ2) is 3.02. The second-order valence-electron chi connectivity index (χ2n) is 2.60. The zero-order valence-electron chi connectivity index (χ0n) is 6.74. The summed E-state index contributed by atoms with van der Waals surface area (Å²) < 4.78 is 0. The van der Waals surface area contributed by atoms with Crippen molar-refractivity contribution in [3.05, 3.63) is 24.4 Å². The number of nitrogens with zero attached hydrogens (tertiary/aromatic N) is 1. The van der Waals surface area contributed by atoms with Crippen molar-refractivity contribution >= 4 is 34.2 Å². The van der Waals surface area contributed by atoms with Gasteiger partial charge in [0.15, 0.2) is 5.11 Å². The first-order valence-electron chi connectivity index (χ1n) is 3.76. The fourth-order valence-electron chi connectivity index (χ4n) is 1.13. The quantitative estimate of drug-likeness (QED) is 0.594. The first-order chi connectivity index (χ1) is 6.25. The van der Waals surface area contributed by atoms with E-state index in [0.29, 0.717) is 5.82 Å². The first kappa shape index (κ1) is 8.00. The minimum Gasteiger partial charge on any atom is -0.376 e. The summed E-state index contributed by atoms with van der Waals surface area (Å²) in [5.74, 6) is 0.666. The maximum atomic E-state index is 5.32. The molecule has 0 atom stereocenters. The van der Waals surface area contributed by atoms with Gasteiger partial charge in [-0.2, -0.15) is 0 Å². The Balaban J connectivity index is 2.42. The SMILES string of the molecule is NC(=S)Nc1ccc2[nH]ccc2n1. The van der Waals surface area contributed by atoms with Gasteiger partial charge in [-0.1, -0.05) is 0 Å². The van der Waals surface area contributed by atoms with Gasteiger partial charge in [0.2, 0.25) is 0 Å². The Morgan fingerprint density at radius 1 is 1.46 bits per heavy atom. The van der Waals surface area contributed by atoms with Crippen LogP contribution in [-0.2, 0) is 0 Å². The number of hydrogen-bond donors (Lipinski definition) is 3. The van der Waals surface area contributed by atoms with E-state index in [1.54, 1.807) is 0 Å². The van der Waals surface area contributed by atoms with Crippen LogP contribution in [0.15, 0.2) is 24.4 Å². The molecule has 0 fully saturated rings. The normalized spacial score (nSPS) is 10.2. The van der Waals surface area contributed by atoms with Gasteiger partial charge in [0.05, 0.1) is 11.0 Å². The molecule has 0 aliphatic rings. The molecular weight excluding hydrogens is 184 g/mol. The average molecular weight is 192 g/mol. The Labute approximate surface area is 80.2 Å². The van der Waals surface area contributed by atoms with E-state index in [-0.39, 0.29) is 5.11 Å².